The molecule has 6 rings (SSSR count). The molecule has 2 saturated carbocycles. The first-order chi connectivity index (χ1) is 19.4. The molecule has 1 aromatic carbocycles. The minimum atomic E-state index is -1.46. The van der Waals surface area contributed by atoms with Gasteiger partial charge >= 0.3 is 5.97 Å². The van der Waals surface area contributed by atoms with Crippen molar-refractivity contribution in [1.29, 1.82) is 0 Å². The molecule has 10 heteroatoms. The summed E-state index contributed by atoms with van der Waals surface area (Å²) in [6.45, 7) is -0.594. The molecule has 3 heterocycles. The Morgan fingerprint density at radius 1 is 0.925 bits per heavy atom. The second kappa shape index (κ2) is 11.3. The first-order valence-corrected chi connectivity index (χ1v) is 14.9. The van der Waals surface area contributed by atoms with Crippen LogP contribution in [0.3, 0.4) is 0 Å². The van der Waals surface area contributed by atoms with Gasteiger partial charge in [0.25, 0.3) is 11.5 Å². The highest BCUT2D eigenvalue weighted by Crippen LogP contribution is 2.47. The summed E-state index contributed by atoms with van der Waals surface area (Å²) in [6.07, 6.45) is 14.7. The molecular weight excluding hydrogens is 510 g/mol. The van der Waals surface area contributed by atoms with Crippen LogP contribution in [0, 0.1) is 11.8 Å². The van der Waals surface area contributed by atoms with Gasteiger partial charge in [-0.05, 0) is 68.9 Å². The van der Waals surface area contributed by atoms with E-state index in [1.54, 1.807) is 10.6 Å². The van der Waals surface area contributed by atoms with Gasteiger partial charge in [0.05, 0.1) is 11.0 Å². The highest BCUT2D eigenvalue weighted by molar-refractivity contribution is 6.41. The van der Waals surface area contributed by atoms with Gasteiger partial charge in [0.1, 0.15) is 0 Å². The number of aliphatic carboxylic acids is 1. The number of carboxylic acid groups (broad SMARTS) is 1. The van der Waals surface area contributed by atoms with Crippen molar-refractivity contribution in [2.24, 2.45) is 22.7 Å². The molecule has 2 aromatic rings. The number of oxime groups is 1. The van der Waals surface area contributed by atoms with Gasteiger partial charge in [-0.2, -0.15) is 0 Å². The Balaban J connectivity index is 1.35. The van der Waals surface area contributed by atoms with E-state index in [2.05, 4.69) is 15.0 Å². The average Bonchev–Trinajstić information content (AvgIpc) is 3.09. The molecule has 2 saturated heterocycles. The van der Waals surface area contributed by atoms with Gasteiger partial charge in [-0.3, -0.25) is 14.5 Å². The molecular formula is C30H39N5O5. The number of hydrogen-bond donors (Lipinski definition) is 2. The number of para-hydroxylation sites is 2. The molecule has 1 amide bonds. The molecule has 2 aliphatic carbocycles. The zero-order chi connectivity index (χ0) is 27.8. The minimum absolute atomic E-state index is 0.0712. The van der Waals surface area contributed by atoms with E-state index in [4.69, 9.17) is 10.6 Å². The molecule has 4 bridgehead atoms. The number of aromatic nitrogens is 2. The van der Waals surface area contributed by atoms with Crippen molar-refractivity contribution < 1.29 is 19.5 Å². The predicted molar refractivity (Wildman–Crippen MR) is 150 cm³/mol. The van der Waals surface area contributed by atoms with E-state index < -0.39 is 29.8 Å². The quantitative estimate of drug-likeness (QED) is 0.397. The van der Waals surface area contributed by atoms with E-state index in [9.17, 15) is 19.5 Å². The lowest BCUT2D eigenvalue weighted by molar-refractivity contribution is -0.130. The Morgan fingerprint density at radius 2 is 1.60 bits per heavy atom. The van der Waals surface area contributed by atoms with E-state index >= 15 is 0 Å². The standard InChI is InChI=1S/C30H39N5O5/c31-26(36)17-40-33-28(30(38)39)27-29(37)35(25-11-4-3-10-24(25)32-27)23-15-20-8-5-9-21(16-23)34(20)22-13-18-6-1-2-7-19(12-18)14-22/h3-4,10-11,18-23H,1-2,5-9,12-17H2,(H2,31,36)(H,38,39)/b33-28-/t18?,19?,20-,21?,22?,23?/m1/s1. The number of nitrogens with two attached hydrogens (primary N) is 1. The monoisotopic (exact) mass is 549 g/mol. The summed E-state index contributed by atoms with van der Waals surface area (Å²) in [5.74, 6) is -0.552. The third-order valence-electron chi connectivity index (χ3n) is 9.73. The molecule has 40 heavy (non-hydrogen) atoms. The lowest BCUT2D eigenvalue weighted by Gasteiger charge is -2.54. The Bertz CT molecular complexity index is 1340. The van der Waals surface area contributed by atoms with Crippen LogP contribution in [0.25, 0.3) is 11.0 Å². The molecule has 214 valence electrons. The summed E-state index contributed by atoms with van der Waals surface area (Å²) in [5, 5.41) is 13.5. The predicted octanol–water partition coefficient (Wildman–Crippen LogP) is 3.60. The second-order valence-corrected chi connectivity index (χ2v) is 12.3. The van der Waals surface area contributed by atoms with Crippen molar-refractivity contribution in [2.75, 3.05) is 6.61 Å². The van der Waals surface area contributed by atoms with E-state index in [1.165, 1.54) is 51.4 Å². The van der Waals surface area contributed by atoms with Crippen LogP contribution in [0.2, 0.25) is 0 Å². The molecule has 3 N–H and O–H groups in total. The van der Waals surface area contributed by atoms with Crippen molar-refractivity contribution in [2.45, 2.75) is 101 Å². The number of amides is 1. The average molecular weight is 550 g/mol. The van der Waals surface area contributed by atoms with Gasteiger partial charge in [0.2, 0.25) is 5.71 Å². The van der Waals surface area contributed by atoms with Crippen LogP contribution in [0.1, 0.15) is 88.8 Å². The third kappa shape index (κ3) is 5.25. The van der Waals surface area contributed by atoms with E-state index in [1.807, 2.05) is 18.2 Å². The lowest BCUT2D eigenvalue weighted by Crippen LogP contribution is -2.58. The van der Waals surface area contributed by atoms with Gasteiger partial charge < -0.3 is 20.2 Å². The number of fused-ring (bicyclic) bond motifs is 5. The first kappa shape index (κ1) is 26.9. The molecule has 4 aliphatic rings. The Morgan fingerprint density at radius 3 is 2.25 bits per heavy atom. The van der Waals surface area contributed by atoms with Crippen molar-refractivity contribution in [1.82, 2.24) is 14.5 Å². The van der Waals surface area contributed by atoms with Crippen LogP contribution in [-0.4, -0.2) is 61.9 Å². The van der Waals surface area contributed by atoms with E-state index in [0.717, 1.165) is 37.5 Å². The number of carbonyl (C=O) groups is 2. The highest BCUT2D eigenvalue weighted by atomic mass is 16.6. The Labute approximate surface area is 233 Å². The summed E-state index contributed by atoms with van der Waals surface area (Å²) < 4.78 is 1.76. The maximum atomic E-state index is 14.0. The van der Waals surface area contributed by atoms with E-state index in [-0.39, 0.29) is 11.7 Å². The molecule has 2 aliphatic heterocycles. The molecule has 4 unspecified atom stereocenters. The Kier molecular flexibility index (Phi) is 7.61. The smallest absolute Gasteiger partial charge is 0.360 e. The number of benzene rings is 1. The zero-order valence-corrected chi connectivity index (χ0v) is 22.9. The van der Waals surface area contributed by atoms with Crippen LogP contribution in [0.5, 0.6) is 0 Å². The minimum Gasteiger partial charge on any atom is -0.476 e. The number of carbonyl (C=O) groups excluding carboxylic acids is 1. The third-order valence-corrected chi connectivity index (χ3v) is 9.73. The van der Waals surface area contributed by atoms with E-state index in [0.29, 0.717) is 29.2 Å². The number of nitrogens with zero attached hydrogens (tertiary/aromatic N) is 4. The summed E-state index contributed by atoms with van der Waals surface area (Å²) >= 11 is 0. The molecule has 5 atom stereocenters. The van der Waals surface area contributed by atoms with Crippen LogP contribution >= 0.6 is 0 Å². The largest absolute Gasteiger partial charge is 0.476 e. The fourth-order valence-electron chi connectivity index (χ4n) is 8.32. The summed E-state index contributed by atoms with van der Waals surface area (Å²) in [7, 11) is 0. The first-order valence-electron chi connectivity index (χ1n) is 14.9. The number of carboxylic acids is 1. The number of hydrogen-bond acceptors (Lipinski definition) is 7. The maximum absolute atomic E-state index is 14.0. The van der Waals surface area contributed by atoms with Gasteiger partial charge in [-0.15, -0.1) is 0 Å². The summed E-state index contributed by atoms with van der Waals surface area (Å²) in [5.41, 5.74) is 4.89. The topological polar surface area (TPSA) is 140 Å². The fourth-order valence-corrected chi connectivity index (χ4v) is 8.32. The summed E-state index contributed by atoms with van der Waals surface area (Å²) in [6, 6.07) is 8.73. The molecule has 0 radical (unpaired) electrons. The zero-order valence-electron chi connectivity index (χ0n) is 22.9. The molecule has 0 spiro atoms. The summed E-state index contributed by atoms with van der Waals surface area (Å²) in [4.78, 5) is 49.3. The van der Waals surface area contributed by atoms with Gasteiger partial charge in [0.15, 0.2) is 12.3 Å². The number of piperidine rings is 2. The van der Waals surface area contributed by atoms with Crippen molar-refractivity contribution in [3.8, 4) is 0 Å². The highest BCUT2D eigenvalue weighted by Gasteiger charge is 2.45. The van der Waals surface area contributed by atoms with Crippen LogP contribution < -0.4 is 11.3 Å². The maximum Gasteiger partial charge on any atom is 0.360 e. The van der Waals surface area contributed by atoms with Crippen LogP contribution in [0.15, 0.2) is 34.2 Å². The van der Waals surface area contributed by atoms with Crippen molar-refractivity contribution >= 4 is 28.6 Å². The molecule has 1 aromatic heterocycles. The van der Waals surface area contributed by atoms with Crippen molar-refractivity contribution in [3.63, 3.8) is 0 Å². The normalized spacial score (nSPS) is 30.9. The number of primary amides is 1. The van der Waals surface area contributed by atoms with Gasteiger partial charge in [0, 0.05) is 24.2 Å². The van der Waals surface area contributed by atoms with Gasteiger partial charge in [-0.25, -0.2) is 9.78 Å². The van der Waals surface area contributed by atoms with Crippen LogP contribution in [-0.2, 0) is 14.4 Å². The lowest BCUT2D eigenvalue weighted by atomic mass is 9.73. The Hall–Kier alpha value is -3.27. The van der Waals surface area contributed by atoms with Crippen molar-refractivity contribution in [3.05, 3.63) is 40.3 Å². The van der Waals surface area contributed by atoms with Crippen LogP contribution in [0.4, 0.5) is 0 Å². The molecule has 10 nitrogen and oxygen atoms in total. The number of rotatable bonds is 7. The SMILES string of the molecule is NC(=O)CO/N=C(\C(=O)O)c1nc2ccccc2n(C2CC3CCC[C@H](C2)N3C2CC3CCCCC(C3)C2)c1=O. The fraction of sp³-hybridized carbons (Fsp3) is 0.633. The van der Waals surface area contributed by atoms with Gasteiger partial charge in [-0.1, -0.05) is 49.4 Å². The second-order valence-electron chi connectivity index (χ2n) is 12.3. The molecule has 4 fully saturated rings.